The van der Waals surface area contributed by atoms with Crippen LogP contribution in [0.15, 0.2) is 65.7 Å². The molecule has 6 nitrogen and oxygen atoms in total. The minimum absolute atomic E-state index is 0. The Labute approximate surface area is 184 Å². The van der Waals surface area contributed by atoms with Gasteiger partial charge in [0.2, 0.25) is 0 Å². The van der Waals surface area contributed by atoms with Gasteiger partial charge < -0.3 is 20.7 Å². The summed E-state index contributed by atoms with van der Waals surface area (Å²) in [5.74, 6) is 1.56. The minimum atomic E-state index is -0.0531. The molecule has 0 atom stereocenters. The lowest BCUT2D eigenvalue weighted by Gasteiger charge is -2.12. The van der Waals surface area contributed by atoms with Crippen molar-refractivity contribution in [2.24, 2.45) is 4.99 Å². The molecule has 0 aromatic heterocycles. The molecule has 0 saturated heterocycles. The number of rotatable bonds is 10. The Kier molecular flexibility index (Phi) is 12.5. The fourth-order valence-corrected chi connectivity index (χ4v) is 2.36. The lowest BCUT2D eigenvalue weighted by Crippen LogP contribution is -2.39. The van der Waals surface area contributed by atoms with Gasteiger partial charge in [0.15, 0.2) is 5.96 Å². The average Bonchev–Trinajstić information content (AvgIpc) is 2.72. The molecule has 2 rings (SSSR count). The summed E-state index contributed by atoms with van der Waals surface area (Å²) in [5.41, 5.74) is 0.675. The molecule has 0 radical (unpaired) electrons. The zero-order valence-electron chi connectivity index (χ0n) is 16.2. The van der Waals surface area contributed by atoms with E-state index < -0.39 is 0 Å². The second kappa shape index (κ2) is 14.7. The highest BCUT2D eigenvalue weighted by Crippen LogP contribution is 2.07. The molecule has 28 heavy (non-hydrogen) atoms. The third-order valence-corrected chi connectivity index (χ3v) is 3.68. The third-order valence-electron chi connectivity index (χ3n) is 3.68. The van der Waals surface area contributed by atoms with E-state index in [1.54, 1.807) is 12.1 Å². The lowest BCUT2D eigenvalue weighted by molar-refractivity contribution is 0.0953. The number of para-hydroxylation sites is 1. The number of aliphatic imine (C=N–C) groups is 1. The number of halogens is 1. The largest absolute Gasteiger partial charge is 0.492 e. The van der Waals surface area contributed by atoms with Crippen molar-refractivity contribution in [1.82, 2.24) is 16.0 Å². The van der Waals surface area contributed by atoms with Crippen LogP contribution in [0.2, 0.25) is 0 Å². The number of nitrogens with zero attached hydrogens (tertiary/aromatic N) is 1. The number of ether oxygens (including phenoxy) is 1. The van der Waals surface area contributed by atoms with Gasteiger partial charge in [-0.05, 0) is 37.6 Å². The van der Waals surface area contributed by atoms with Crippen LogP contribution in [0.25, 0.3) is 0 Å². The van der Waals surface area contributed by atoms with Crippen LogP contribution in [-0.4, -0.2) is 44.7 Å². The van der Waals surface area contributed by atoms with Crippen molar-refractivity contribution in [3.05, 3.63) is 66.2 Å². The van der Waals surface area contributed by atoms with Crippen molar-refractivity contribution in [2.75, 3.05) is 32.8 Å². The standard InChI is InChI=1S/C21H28N4O2.HI/c1-2-22-21(25-16-17-27-19-12-7-4-8-13-19)24-15-9-14-23-20(26)18-10-5-3-6-11-18;/h3-8,10-13H,2,9,14-17H2,1H3,(H,23,26)(H2,22,24,25);1H. The van der Waals surface area contributed by atoms with Crippen molar-refractivity contribution >= 4 is 35.8 Å². The van der Waals surface area contributed by atoms with E-state index in [-0.39, 0.29) is 29.9 Å². The Morgan fingerprint density at radius 1 is 0.929 bits per heavy atom. The Bertz CT molecular complexity index is 696. The van der Waals surface area contributed by atoms with Crippen LogP contribution in [0.3, 0.4) is 0 Å². The maximum atomic E-state index is 12.0. The highest BCUT2D eigenvalue weighted by molar-refractivity contribution is 14.0. The van der Waals surface area contributed by atoms with Gasteiger partial charge in [-0.2, -0.15) is 0 Å². The molecule has 7 heteroatoms. The minimum Gasteiger partial charge on any atom is -0.492 e. The van der Waals surface area contributed by atoms with Gasteiger partial charge in [-0.3, -0.25) is 9.79 Å². The molecule has 0 aliphatic rings. The smallest absolute Gasteiger partial charge is 0.251 e. The van der Waals surface area contributed by atoms with Gasteiger partial charge in [0.25, 0.3) is 5.91 Å². The number of hydrogen-bond donors (Lipinski definition) is 3. The number of guanidine groups is 1. The normalized spacial score (nSPS) is 10.5. The third kappa shape index (κ3) is 9.59. The molecule has 152 valence electrons. The molecule has 0 spiro atoms. The van der Waals surface area contributed by atoms with Crippen LogP contribution >= 0.6 is 24.0 Å². The monoisotopic (exact) mass is 496 g/mol. The van der Waals surface area contributed by atoms with E-state index in [1.807, 2.05) is 55.5 Å². The van der Waals surface area contributed by atoms with Crippen molar-refractivity contribution in [3.63, 3.8) is 0 Å². The number of amides is 1. The molecular weight excluding hydrogens is 467 g/mol. The van der Waals surface area contributed by atoms with E-state index in [1.165, 1.54) is 0 Å². The van der Waals surface area contributed by atoms with Crippen LogP contribution in [-0.2, 0) is 0 Å². The zero-order chi connectivity index (χ0) is 19.2. The van der Waals surface area contributed by atoms with Crippen molar-refractivity contribution in [3.8, 4) is 5.75 Å². The summed E-state index contributed by atoms with van der Waals surface area (Å²) in [6.45, 7) is 5.25. The maximum absolute atomic E-state index is 12.0. The summed E-state index contributed by atoms with van der Waals surface area (Å²) in [7, 11) is 0. The molecule has 0 unspecified atom stereocenters. The van der Waals surface area contributed by atoms with Crippen LogP contribution in [0.5, 0.6) is 5.75 Å². The Morgan fingerprint density at radius 3 is 2.29 bits per heavy atom. The van der Waals surface area contributed by atoms with Crippen LogP contribution < -0.4 is 20.7 Å². The van der Waals surface area contributed by atoms with E-state index in [0.29, 0.717) is 31.8 Å². The summed E-state index contributed by atoms with van der Waals surface area (Å²) in [6, 6.07) is 18.9. The van der Waals surface area contributed by atoms with E-state index in [2.05, 4.69) is 20.9 Å². The lowest BCUT2D eigenvalue weighted by atomic mass is 10.2. The van der Waals surface area contributed by atoms with Gasteiger partial charge in [0, 0.05) is 25.2 Å². The first-order valence-corrected chi connectivity index (χ1v) is 9.33. The second-order valence-electron chi connectivity index (χ2n) is 5.82. The SMILES string of the molecule is CCNC(=NCCCNC(=O)c1ccccc1)NCCOc1ccccc1.I. The molecule has 0 aliphatic carbocycles. The number of hydrogen-bond acceptors (Lipinski definition) is 3. The van der Waals surface area contributed by atoms with Crippen LogP contribution in [0.4, 0.5) is 0 Å². The zero-order valence-corrected chi connectivity index (χ0v) is 18.5. The van der Waals surface area contributed by atoms with Crippen LogP contribution in [0, 0.1) is 0 Å². The van der Waals surface area contributed by atoms with Gasteiger partial charge in [-0.25, -0.2) is 0 Å². The molecule has 2 aromatic carbocycles. The van der Waals surface area contributed by atoms with E-state index >= 15 is 0 Å². The topological polar surface area (TPSA) is 74.8 Å². The molecule has 0 saturated carbocycles. The molecule has 0 fully saturated rings. The maximum Gasteiger partial charge on any atom is 0.251 e. The van der Waals surface area contributed by atoms with Crippen molar-refractivity contribution in [2.45, 2.75) is 13.3 Å². The van der Waals surface area contributed by atoms with E-state index in [4.69, 9.17) is 4.74 Å². The van der Waals surface area contributed by atoms with E-state index in [9.17, 15) is 4.79 Å². The number of nitrogens with one attached hydrogen (secondary N) is 3. The average molecular weight is 496 g/mol. The quantitative estimate of drug-likeness (QED) is 0.205. The molecule has 0 aliphatic heterocycles. The molecule has 2 aromatic rings. The predicted octanol–water partition coefficient (Wildman–Crippen LogP) is 3.06. The van der Waals surface area contributed by atoms with Crippen molar-refractivity contribution in [1.29, 1.82) is 0 Å². The fraction of sp³-hybridized carbons (Fsp3) is 0.333. The molecule has 3 N–H and O–H groups in total. The van der Waals surface area contributed by atoms with Gasteiger partial charge >= 0.3 is 0 Å². The van der Waals surface area contributed by atoms with Gasteiger partial charge in [0.1, 0.15) is 12.4 Å². The first kappa shape index (κ1) is 23.7. The summed E-state index contributed by atoms with van der Waals surface area (Å²) in [4.78, 5) is 16.5. The predicted molar refractivity (Wildman–Crippen MR) is 125 cm³/mol. The molecule has 0 bridgehead atoms. The number of carbonyl (C=O) groups is 1. The van der Waals surface area contributed by atoms with Gasteiger partial charge in [0.05, 0.1) is 6.54 Å². The second-order valence-corrected chi connectivity index (χ2v) is 5.82. The summed E-state index contributed by atoms with van der Waals surface area (Å²) in [5, 5.41) is 9.35. The first-order chi connectivity index (χ1) is 13.3. The molecular formula is C21H29IN4O2. The van der Waals surface area contributed by atoms with Gasteiger partial charge in [-0.1, -0.05) is 36.4 Å². The number of benzene rings is 2. The first-order valence-electron chi connectivity index (χ1n) is 9.33. The summed E-state index contributed by atoms with van der Waals surface area (Å²) in [6.07, 6.45) is 0.773. The highest BCUT2D eigenvalue weighted by Gasteiger charge is 2.02. The Hall–Kier alpha value is -2.29. The van der Waals surface area contributed by atoms with Gasteiger partial charge in [-0.15, -0.1) is 24.0 Å². The van der Waals surface area contributed by atoms with E-state index in [0.717, 1.165) is 24.7 Å². The Morgan fingerprint density at radius 2 is 1.61 bits per heavy atom. The number of carbonyl (C=O) groups excluding carboxylic acids is 1. The summed E-state index contributed by atoms with van der Waals surface area (Å²) < 4.78 is 5.65. The molecule has 0 heterocycles. The Balaban J connectivity index is 0.00000392. The fourth-order valence-electron chi connectivity index (χ4n) is 2.36. The highest BCUT2D eigenvalue weighted by atomic mass is 127. The summed E-state index contributed by atoms with van der Waals surface area (Å²) >= 11 is 0. The molecule has 1 amide bonds. The van der Waals surface area contributed by atoms with Crippen molar-refractivity contribution < 1.29 is 9.53 Å². The van der Waals surface area contributed by atoms with Crippen LogP contribution in [0.1, 0.15) is 23.7 Å².